The van der Waals surface area contributed by atoms with Crippen LogP contribution in [0.25, 0.3) is 16.6 Å². The molecule has 0 atom stereocenters. The third kappa shape index (κ3) is 1.95. The van der Waals surface area contributed by atoms with Crippen LogP contribution in [0.1, 0.15) is 21.6 Å². The molecule has 3 aromatic rings. The molecule has 0 radical (unpaired) electrons. The van der Waals surface area contributed by atoms with E-state index in [0.29, 0.717) is 5.69 Å². The first-order valence-electron chi connectivity index (χ1n) is 6.33. The maximum Gasteiger partial charge on any atom is 0.167 e. The molecular formula is C17H15NO. The summed E-state index contributed by atoms with van der Waals surface area (Å²) in [5.74, 6) is 0. The van der Waals surface area contributed by atoms with Crippen molar-refractivity contribution in [1.29, 1.82) is 0 Å². The maximum atomic E-state index is 11.4. The number of benzene rings is 1. The van der Waals surface area contributed by atoms with Gasteiger partial charge < -0.3 is 4.40 Å². The molecule has 0 N–H and O–H groups in total. The van der Waals surface area contributed by atoms with Crippen LogP contribution in [0.15, 0.2) is 48.7 Å². The van der Waals surface area contributed by atoms with E-state index < -0.39 is 0 Å². The number of fused-ring (bicyclic) bond motifs is 1. The molecule has 0 aliphatic heterocycles. The van der Waals surface area contributed by atoms with Gasteiger partial charge in [0.1, 0.15) is 0 Å². The largest absolute Gasteiger partial charge is 0.314 e. The fraction of sp³-hybridized carbons (Fsp3) is 0.118. The second-order valence-electron chi connectivity index (χ2n) is 4.93. The van der Waals surface area contributed by atoms with E-state index in [1.807, 2.05) is 28.8 Å². The number of carbonyl (C=O) groups excluding carboxylic acids is 1. The molecule has 19 heavy (non-hydrogen) atoms. The predicted molar refractivity (Wildman–Crippen MR) is 77.7 cm³/mol. The lowest BCUT2D eigenvalue weighted by atomic mass is 10.0. The highest BCUT2D eigenvalue weighted by Crippen LogP contribution is 2.27. The van der Waals surface area contributed by atoms with Crippen LogP contribution in [0.2, 0.25) is 0 Å². The maximum absolute atomic E-state index is 11.4. The highest BCUT2D eigenvalue weighted by Gasteiger charge is 2.11. The Morgan fingerprint density at radius 2 is 1.79 bits per heavy atom. The van der Waals surface area contributed by atoms with E-state index in [9.17, 15) is 4.79 Å². The minimum Gasteiger partial charge on any atom is -0.314 e. The Hall–Kier alpha value is -2.35. The predicted octanol–water partition coefficient (Wildman–Crippen LogP) is 4.04. The third-order valence-corrected chi connectivity index (χ3v) is 3.41. The molecule has 0 saturated carbocycles. The Labute approximate surface area is 112 Å². The Morgan fingerprint density at radius 1 is 1.00 bits per heavy atom. The van der Waals surface area contributed by atoms with Gasteiger partial charge in [-0.15, -0.1) is 0 Å². The highest BCUT2D eigenvalue weighted by atomic mass is 16.1. The molecule has 1 aromatic carbocycles. The lowest BCUT2D eigenvalue weighted by molar-refractivity contribution is 0.111. The molecule has 3 rings (SSSR count). The fourth-order valence-electron chi connectivity index (χ4n) is 2.48. The standard InChI is InChI=1S/C17H15NO/c1-12-4-3-5-14(8-12)16-10-15-9-13(2)6-7-18(15)17(16)11-19/h3-11H,1-2H3. The summed E-state index contributed by atoms with van der Waals surface area (Å²) >= 11 is 0. The minimum atomic E-state index is 0.709. The third-order valence-electron chi connectivity index (χ3n) is 3.41. The van der Waals surface area contributed by atoms with E-state index in [-0.39, 0.29) is 0 Å². The summed E-state index contributed by atoms with van der Waals surface area (Å²) in [5, 5.41) is 0. The van der Waals surface area contributed by atoms with Gasteiger partial charge in [-0.2, -0.15) is 0 Å². The lowest BCUT2D eigenvalue weighted by Gasteiger charge is -2.02. The zero-order chi connectivity index (χ0) is 13.4. The van der Waals surface area contributed by atoms with Crippen LogP contribution >= 0.6 is 0 Å². The van der Waals surface area contributed by atoms with Crippen LogP contribution in [-0.4, -0.2) is 10.7 Å². The van der Waals surface area contributed by atoms with Gasteiger partial charge in [-0.25, -0.2) is 0 Å². The summed E-state index contributed by atoms with van der Waals surface area (Å²) in [4.78, 5) is 11.4. The number of carbonyl (C=O) groups is 1. The number of pyridine rings is 1. The first-order chi connectivity index (χ1) is 9.19. The van der Waals surface area contributed by atoms with Crippen LogP contribution in [0.4, 0.5) is 0 Å². The average Bonchev–Trinajstić information content (AvgIpc) is 2.76. The SMILES string of the molecule is Cc1cccc(-c2cc3cc(C)ccn3c2C=O)c1. The van der Waals surface area contributed by atoms with Crippen LogP contribution in [0.5, 0.6) is 0 Å². The summed E-state index contributed by atoms with van der Waals surface area (Å²) < 4.78 is 1.94. The zero-order valence-electron chi connectivity index (χ0n) is 11.1. The topological polar surface area (TPSA) is 21.5 Å². The first kappa shape index (κ1) is 11.7. The summed E-state index contributed by atoms with van der Waals surface area (Å²) in [6, 6.07) is 14.4. The Balaban J connectivity index is 2.31. The van der Waals surface area contributed by atoms with Gasteiger partial charge in [-0.1, -0.05) is 29.8 Å². The monoisotopic (exact) mass is 249 g/mol. The second kappa shape index (κ2) is 4.39. The molecule has 0 unspecified atom stereocenters. The molecule has 2 aromatic heterocycles. The number of aromatic nitrogens is 1. The molecule has 0 amide bonds. The highest BCUT2D eigenvalue weighted by molar-refractivity contribution is 5.90. The van der Waals surface area contributed by atoms with Crippen LogP contribution in [-0.2, 0) is 0 Å². The van der Waals surface area contributed by atoms with Gasteiger partial charge in [0, 0.05) is 17.3 Å². The van der Waals surface area contributed by atoms with Gasteiger partial charge in [-0.05, 0) is 43.2 Å². The molecule has 2 heterocycles. The van der Waals surface area contributed by atoms with E-state index in [1.165, 1.54) is 11.1 Å². The first-order valence-corrected chi connectivity index (χ1v) is 6.33. The van der Waals surface area contributed by atoms with Gasteiger partial charge >= 0.3 is 0 Å². The zero-order valence-corrected chi connectivity index (χ0v) is 11.1. The van der Waals surface area contributed by atoms with Crippen molar-refractivity contribution in [3.05, 3.63) is 65.5 Å². The fourth-order valence-corrected chi connectivity index (χ4v) is 2.48. The molecule has 0 saturated heterocycles. The van der Waals surface area contributed by atoms with Gasteiger partial charge in [-0.3, -0.25) is 4.79 Å². The molecule has 0 fully saturated rings. The molecule has 2 heteroatoms. The van der Waals surface area contributed by atoms with Crippen molar-refractivity contribution < 1.29 is 4.79 Å². The van der Waals surface area contributed by atoms with Gasteiger partial charge in [0.15, 0.2) is 6.29 Å². The summed E-state index contributed by atoms with van der Waals surface area (Å²) in [5.41, 5.74) is 6.23. The number of rotatable bonds is 2. The van der Waals surface area contributed by atoms with E-state index in [4.69, 9.17) is 0 Å². The molecule has 0 aliphatic rings. The molecule has 0 bridgehead atoms. The average molecular weight is 249 g/mol. The summed E-state index contributed by atoms with van der Waals surface area (Å²) in [6.07, 6.45) is 2.88. The Kier molecular flexibility index (Phi) is 2.71. The number of nitrogens with zero attached hydrogens (tertiary/aromatic N) is 1. The molecule has 0 spiro atoms. The van der Waals surface area contributed by atoms with Crippen molar-refractivity contribution >= 4 is 11.8 Å². The molecule has 94 valence electrons. The van der Waals surface area contributed by atoms with Gasteiger partial charge in [0.25, 0.3) is 0 Å². The number of aryl methyl sites for hydroxylation is 2. The van der Waals surface area contributed by atoms with Gasteiger partial charge in [0.2, 0.25) is 0 Å². The molecule has 2 nitrogen and oxygen atoms in total. The number of hydrogen-bond acceptors (Lipinski definition) is 1. The normalized spacial score (nSPS) is 10.8. The quantitative estimate of drug-likeness (QED) is 0.628. The Morgan fingerprint density at radius 3 is 2.53 bits per heavy atom. The van der Waals surface area contributed by atoms with Crippen molar-refractivity contribution in [3.8, 4) is 11.1 Å². The number of aldehydes is 1. The minimum absolute atomic E-state index is 0.709. The molecule has 0 aliphatic carbocycles. The van der Waals surface area contributed by atoms with Crippen molar-refractivity contribution in [2.75, 3.05) is 0 Å². The van der Waals surface area contributed by atoms with Crippen molar-refractivity contribution in [2.24, 2.45) is 0 Å². The van der Waals surface area contributed by atoms with Crippen LogP contribution in [0.3, 0.4) is 0 Å². The van der Waals surface area contributed by atoms with E-state index in [0.717, 1.165) is 22.9 Å². The summed E-state index contributed by atoms with van der Waals surface area (Å²) in [6.45, 7) is 4.12. The Bertz CT molecular complexity index is 768. The summed E-state index contributed by atoms with van der Waals surface area (Å²) in [7, 11) is 0. The van der Waals surface area contributed by atoms with Crippen molar-refractivity contribution in [2.45, 2.75) is 13.8 Å². The van der Waals surface area contributed by atoms with E-state index in [2.05, 4.69) is 38.1 Å². The van der Waals surface area contributed by atoms with Gasteiger partial charge in [0.05, 0.1) is 5.69 Å². The smallest absolute Gasteiger partial charge is 0.167 e. The van der Waals surface area contributed by atoms with Crippen LogP contribution in [0, 0.1) is 13.8 Å². The number of hydrogen-bond donors (Lipinski definition) is 0. The second-order valence-corrected chi connectivity index (χ2v) is 4.93. The van der Waals surface area contributed by atoms with Crippen molar-refractivity contribution in [1.82, 2.24) is 4.40 Å². The van der Waals surface area contributed by atoms with E-state index in [1.54, 1.807) is 0 Å². The van der Waals surface area contributed by atoms with E-state index >= 15 is 0 Å². The van der Waals surface area contributed by atoms with Crippen molar-refractivity contribution in [3.63, 3.8) is 0 Å². The van der Waals surface area contributed by atoms with Crippen LogP contribution < -0.4 is 0 Å². The lowest BCUT2D eigenvalue weighted by Crippen LogP contribution is -1.92. The molecular weight excluding hydrogens is 234 g/mol.